The van der Waals surface area contributed by atoms with E-state index in [0.29, 0.717) is 12.5 Å². The van der Waals surface area contributed by atoms with E-state index in [4.69, 9.17) is 10.5 Å². The maximum Gasteiger partial charge on any atom is 0.193 e. The second-order valence-corrected chi connectivity index (χ2v) is 6.72. The van der Waals surface area contributed by atoms with E-state index in [1.807, 2.05) is 24.3 Å². The Morgan fingerprint density at radius 2 is 1.64 bits per heavy atom. The molecule has 1 aliphatic heterocycles. The van der Waals surface area contributed by atoms with Crippen LogP contribution in [-0.2, 0) is 6.54 Å². The fraction of sp³-hybridized carbons (Fsp3) is 0.381. The SMILES string of the molecule is COc1ccc(NC(N)=NCCN2CCN(Cc3ccccc3)CC2)cc1.I. The Morgan fingerprint density at radius 1 is 1.00 bits per heavy atom. The van der Waals surface area contributed by atoms with Gasteiger partial charge in [0.15, 0.2) is 5.96 Å². The second-order valence-electron chi connectivity index (χ2n) is 6.72. The number of nitrogens with two attached hydrogens (primary N) is 1. The number of hydrogen-bond acceptors (Lipinski definition) is 4. The van der Waals surface area contributed by atoms with Gasteiger partial charge in [-0.2, -0.15) is 0 Å². The molecule has 0 aliphatic carbocycles. The molecule has 7 heteroatoms. The molecule has 3 rings (SSSR count). The van der Waals surface area contributed by atoms with E-state index in [1.165, 1.54) is 5.56 Å². The molecule has 0 aromatic heterocycles. The minimum absolute atomic E-state index is 0. The van der Waals surface area contributed by atoms with E-state index in [1.54, 1.807) is 7.11 Å². The summed E-state index contributed by atoms with van der Waals surface area (Å²) in [7, 11) is 1.65. The van der Waals surface area contributed by atoms with Crippen molar-refractivity contribution in [3.63, 3.8) is 0 Å². The minimum atomic E-state index is 0. The van der Waals surface area contributed by atoms with Crippen LogP contribution in [0.2, 0.25) is 0 Å². The van der Waals surface area contributed by atoms with Gasteiger partial charge in [0.1, 0.15) is 5.75 Å². The predicted octanol–water partition coefficient (Wildman–Crippen LogP) is 2.86. The zero-order valence-electron chi connectivity index (χ0n) is 16.4. The van der Waals surface area contributed by atoms with Crippen molar-refractivity contribution in [1.82, 2.24) is 9.80 Å². The van der Waals surface area contributed by atoms with E-state index >= 15 is 0 Å². The summed E-state index contributed by atoms with van der Waals surface area (Å²) in [5.41, 5.74) is 8.27. The van der Waals surface area contributed by atoms with Crippen LogP contribution in [0.4, 0.5) is 5.69 Å². The molecule has 152 valence electrons. The number of ether oxygens (including phenoxy) is 1. The number of aliphatic imine (C=N–C) groups is 1. The quantitative estimate of drug-likeness (QED) is 0.352. The zero-order chi connectivity index (χ0) is 18.9. The Hall–Kier alpha value is -1.84. The first-order chi connectivity index (χ1) is 13.2. The van der Waals surface area contributed by atoms with Crippen LogP contribution < -0.4 is 15.8 Å². The summed E-state index contributed by atoms with van der Waals surface area (Å²) in [6.07, 6.45) is 0. The number of hydrogen-bond donors (Lipinski definition) is 2. The highest BCUT2D eigenvalue weighted by Crippen LogP contribution is 2.14. The Bertz CT molecular complexity index is 715. The molecule has 0 bridgehead atoms. The average Bonchev–Trinajstić information content (AvgIpc) is 2.71. The first kappa shape index (κ1) is 22.4. The minimum Gasteiger partial charge on any atom is -0.497 e. The number of nitrogens with one attached hydrogen (secondary N) is 1. The Balaban J connectivity index is 0.00000280. The van der Waals surface area contributed by atoms with Crippen molar-refractivity contribution >= 4 is 35.6 Å². The Kier molecular flexibility index (Phi) is 9.52. The lowest BCUT2D eigenvalue weighted by Gasteiger charge is -2.34. The van der Waals surface area contributed by atoms with E-state index in [2.05, 4.69) is 50.4 Å². The third-order valence-electron chi connectivity index (χ3n) is 4.77. The number of benzene rings is 2. The van der Waals surface area contributed by atoms with Crippen LogP contribution in [0, 0.1) is 0 Å². The highest BCUT2D eigenvalue weighted by Gasteiger charge is 2.16. The molecule has 0 radical (unpaired) electrons. The van der Waals surface area contributed by atoms with Gasteiger partial charge in [0.2, 0.25) is 0 Å². The van der Waals surface area contributed by atoms with Crippen LogP contribution >= 0.6 is 24.0 Å². The van der Waals surface area contributed by atoms with Crippen LogP contribution in [-0.4, -0.2) is 62.1 Å². The van der Waals surface area contributed by atoms with Gasteiger partial charge in [0.25, 0.3) is 0 Å². The molecular weight excluding hydrogens is 465 g/mol. The molecule has 1 aliphatic rings. The van der Waals surface area contributed by atoms with Crippen LogP contribution in [0.15, 0.2) is 59.6 Å². The lowest BCUT2D eigenvalue weighted by Crippen LogP contribution is -2.46. The number of guanidine groups is 1. The van der Waals surface area contributed by atoms with Gasteiger partial charge in [-0.25, -0.2) is 0 Å². The van der Waals surface area contributed by atoms with Crippen molar-refractivity contribution in [3.8, 4) is 5.75 Å². The molecule has 2 aromatic carbocycles. The summed E-state index contributed by atoms with van der Waals surface area (Å²) >= 11 is 0. The molecular formula is C21H30IN5O. The van der Waals surface area contributed by atoms with E-state index in [0.717, 1.165) is 50.7 Å². The number of nitrogens with zero attached hydrogens (tertiary/aromatic N) is 3. The van der Waals surface area contributed by atoms with Gasteiger partial charge >= 0.3 is 0 Å². The standard InChI is InChI=1S/C21H29N5O.HI/c1-27-20-9-7-19(8-10-20)24-21(22)23-11-12-25-13-15-26(16-14-25)17-18-5-3-2-4-6-18;/h2-10H,11-17H2,1H3,(H3,22,23,24);1H. The average molecular weight is 495 g/mol. The Morgan fingerprint density at radius 3 is 2.29 bits per heavy atom. The van der Waals surface area contributed by atoms with Crippen molar-refractivity contribution in [1.29, 1.82) is 0 Å². The topological polar surface area (TPSA) is 66.1 Å². The molecule has 6 nitrogen and oxygen atoms in total. The highest BCUT2D eigenvalue weighted by atomic mass is 127. The highest BCUT2D eigenvalue weighted by molar-refractivity contribution is 14.0. The molecule has 0 unspecified atom stereocenters. The number of anilines is 1. The molecule has 2 aromatic rings. The molecule has 0 saturated carbocycles. The Labute approximate surface area is 184 Å². The van der Waals surface area contributed by atoms with Gasteiger partial charge < -0.3 is 15.8 Å². The smallest absolute Gasteiger partial charge is 0.193 e. The van der Waals surface area contributed by atoms with Crippen molar-refractivity contribution < 1.29 is 4.74 Å². The third-order valence-corrected chi connectivity index (χ3v) is 4.77. The number of rotatable bonds is 7. The fourth-order valence-corrected chi connectivity index (χ4v) is 3.19. The monoisotopic (exact) mass is 495 g/mol. The van der Waals surface area contributed by atoms with Crippen LogP contribution in [0.1, 0.15) is 5.56 Å². The van der Waals surface area contributed by atoms with Gasteiger partial charge in [-0.15, -0.1) is 24.0 Å². The molecule has 0 atom stereocenters. The normalized spacial score (nSPS) is 15.7. The summed E-state index contributed by atoms with van der Waals surface area (Å²) in [6, 6.07) is 18.3. The van der Waals surface area contributed by atoms with Crippen molar-refractivity contribution in [2.45, 2.75) is 6.54 Å². The summed E-state index contributed by atoms with van der Waals surface area (Å²) < 4.78 is 5.15. The van der Waals surface area contributed by atoms with Crippen LogP contribution in [0.5, 0.6) is 5.75 Å². The largest absolute Gasteiger partial charge is 0.497 e. The number of halogens is 1. The second kappa shape index (κ2) is 11.9. The van der Waals surface area contributed by atoms with Gasteiger partial charge in [0.05, 0.1) is 13.7 Å². The number of methoxy groups -OCH3 is 1. The first-order valence-electron chi connectivity index (χ1n) is 9.42. The van der Waals surface area contributed by atoms with Gasteiger partial charge in [-0.3, -0.25) is 14.8 Å². The van der Waals surface area contributed by atoms with Crippen molar-refractivity contribution in [2.24, 2.45) is 10.7 Å². The maximum absolute atomic E-state index is 5.98. The van der Waals surface area contributed by atoms with Crippen molar-refractivity contribution in [2.75, 3.05) is 51.7 Å². The van der Waals surface area contributed by atoms with Gasteiger partial charge in [0, 0.05) is 45.0 Å². The van der Waals surface area contributed by atoms with Gasteiger partial charge in [-0.1, -0.05) is 30.3 Å². The van der Waals surface area contributed by atoms with E-state index < -0.39 is 0 Å². The lowest BCUT2D eigenvalue weighted by molar-refractivity contribution is 0.130. The lowest BCUT2D eigenvalue weighted by atomic mass is 10.2. The predicted molar refractivity (Wildman–Crippen MR) is 127 cm³/mol. The van der Waals surface area contributed by atoms with Crippen LogP contribution in [0.3, 0.4) is 0 Å². The summed E-state index contributed by atoms with van der Waals surface area (Å²) in [5.74, 6) is 1.27. The van der Waals surface area contributed by atoms with Crippen LogP contribution in [0.25, 0.3) is 0 Å². The molecule has 1 heterocycles. The van der Waals surface area contributed by atoms with Crippen molar-refractivity contribution in [3.05, 3.63) is 60.2 Å². The summed E-state index contributed by atoms with van der Waals surface area (Å²) in [6.45, 7) is 7.02. The number of piperazine rings is 1. The summed E-state index contributed by atoms with van der Waals surface area (Å²) in [4.78, 5) is 9.40. The summed E-state index contributed by atoms with van der Waals surface area (Å²) in [5, 5.41) is 3.11. The molecule has 1 saturated heterocycles. The maximum atomic E-state index is 5.98. The molecule has 28 heavy (non-hydrogen) atoms. The molecule has 0 spiro atoms. The van der Waals surface area contributed by atoms with E-state index in [9.17, 15) is 0 Å². The van der Waals surface area contributed by atoms with E-state index in [-0.39, 0.29) is 24.0 Å². The zero-order valence-corrected chi connectivity index (χ0v) is 18.7. The fourth-order valence-electron chi connectivity index (χ4n) is 3.19. The molecule has 3 N–H and O–H groups in total. The molecule has 1 fully saturated rings. The first-order valence-corrected chi connectivity index (χ1v) is 9.42. The van der Waals surface area contributed by atoms with Gasteiger partial charge in [-0.05, 0) is 29.8 Å². The third kappa shape index (κ3) is 7.29. The molecule has 0 amide bonds.